The molecule has 1 fully saturated rings. The number of nitrogens with zero attached hydrogens (tertiary/aromatic N) is 2. The lowest BCUT2D eigenvalue weighted by Crippen LogP contribution is -2.30. The number of primary amides is 1. The maximum absolute atomic E-state index is 11.2. The minimum Gasteiger partial charge on any atom is -0.382 e. The van der Waals surface area contributed by atoms with E-state index in [1.165, 1.54) is 6.20 Å². The van der Waals surface area contributed by atoms with Crippen LogP contribution in [0.4, 0.5) is 5.82 Å². The molecule has 5 nitrogen and oxygen atoms in total. The van der Waals surface area contributed by atoms with E-state index in [1.54, 1.807) is 0 Å². The predicted molar refractivity (Wildman–Crippen MR) is 54.3 cm³/mol. The molecule has 1 aromatic heterocycles. The summed E-state index contributed by atoms with van der Waals surface area (Å²) in [6.07, 6.45) is 2.91. The topological polar surface area (TPSA) is 94.9 Å². The number of rotatable bonds is 2. The number of nitrogen functional groups attached to an aromatic ring is 1. The first-order valence-corrected chi connectivity index (χ1v) is 4.94. The third kappa shape index (κ3) is 1.26. The van der Waals surface area contributed by atoms with Crippen LogP contribution in [0.2, 0.25) is 0 Å². The highest BCUT2D eigenvalue weighted by molar-refractivity contribution is 9.10. The molecule has 4 N–H and O–H groups in total. The molecule has 0 saturated heterocycles. The number of carbonyl (C=O) groups excluding carboxylic acids is 1. The second kappa shape index (κ2) is 2.91. The molecule has 0 spiro atoms. The molecule has 0 aliphatic heterocycles. The van der Waals surface area contributed by atoms with Gasteiger partial charge < -0.3 is 11.5 Å². The van der Waals surface area contributed by atoms with Crippen LogP contribution in [0.3, 0.4) is 0 Å². The number of aromatic nitrogens is 2. The Labute approximate surface area is 89.0 Å². The van der Waals surface area contributed by atoms with Gasteiger partial charge >= 0.3 is 0 Å². The van der Waals surface area contributed by atoms with Crippen molar-refractivity contribution in [2.75, 3.05) is 5.73 Å². The van der Waals surface area contributed by atoms with Crippen LogP contribution in [0.15, 0.2) is 10.8 Å². The van der Waals surface area contributed by atoms with E-state index in [2.05, 4.69) is 25.9 Å². The minimum atomic E-state index is -0.666. The Morgan fingerprint density at radius 3 is 2.71 bits per heavy atom. The van der Waals surface area contributed by atoms with E-state index in [4.69, 9.17) is 11.5 Å². The Balaban J connectivity index is 2.51. The second-order valence-electron chi connectivity index (χ2n) is 3.37. The second-order valence-corrected chi connectivity index (χ2v) is 4.19. The Kier molecular flexibility index (Phi) is 1.95. The molecule has 1 aliphatic rings. The fraction of sp³-hybridized carbons (Fsp3) is 0.375. The van der Waals surface area contributed by atoms with Crippen molar-refractivity contribution in [1.82, 2.24) is 9.97 Å². The third-order valence-electron chi connectivity index (χ3n) is 2.45. The van der Waals surface area contributed by atoms with E-state index >= 15 is 0 Å². The molecular weight excluding hydrogens is 248 g/mol. The molecule has 1 amide bonds. The third-order valence-corrected chi connectivity index (χ3v) is 2.83. The van der Waals surface area contributed by atoms with Gasteiger partial charge in [-0.1, -0.05) is 0 Å². The van der Waals surface area contributed by atoms with Gasteiger partial charge in [0.05, 0.1) is 17.3 Å². The average molecular weight is 257 g/mol. The van der Waals surface area contributed by atoms with Crippen LogP contribution in [0, 0.1) is 0 Å². The molecule has 2 rings (SSSR count). The van der Waals surface area contributed by atoms with Gasteiger partial charge in [-0.2, -0.15) is 0 Å². The SMILES string of the molecule is NC(=O)C1(c2nc(Br)cnc2N)CC1. The lowest BCUT2D eigenvalue weighted by atomic mass is 10.0. The highest BCUT2D eigenvalue weighted by atomic mass is 79.9. The standard InChI is InChI=1S/C8H9BrN4O/c9-4-3-12-6(10)5(13-4)8(1-2-8)7(11)14/h3H,1-2H2,(H2,10,12)(H2,11,14). The highest BCUT2D eigenvalue weighted by Gasteiger charge is 2.53. The van der Waals surface area contributed by atoms with Gasteiger partial charge in [-0.15, -0.1) is 0 Å². The van der Waals surface area contributed by atoms with Gasteiger partial charge in [0.25, 0.3) is 0 Å². The molecule has 1 saturated carbocycles. The van der Waals surface area contributed by atoms with Crippen molar-refractivity contribution in [2.45, 2.75) is 18.3 Å². The molecule has 0 radical (unpaired) electrons. The molecule has 0 aromatic carbocycles. The molecule has 74 valence electrons. The van der Waals surface area contributed by atoms with E-state index in [0.29, 0.717) is 23.1 Å². The van der Waals surface area contributed by atoms with E-state index in [1.807, 2.05) is 0 Å². The summed E-state index contributed by atoms with van der Waals surface area (Å²) in [4.78, 5) is 19.3. The molecule has 1 aliphatic carbocycles. The Bertz CT molecular complexity index is 402. The number of nitrogens with two attached hydrogens (primary N) is 2. The van der Waals surface area contributed by atoms with Crippen LogP contribution in [0.5, 0.6) is 0 Å². The fourth-order valence-corrected chi connectivity index (χ4v) is 1.73. The van der Waals surface area contributed by atoms with Gasteiger partial charge in [-0.05, 0) is 28.8 Å². The first-order chi connectivity index (χ1) is 6.56. The molecule has 0 bridgehead atoms. The molecular formula is C8H9BrN4O. The van der Waals surface area contributed by atoms with Gasteiger partial charge in [0, 0.05) is 0 Å². The first kappa shape index (κ1) is 9.39. The molecule has 1 aromatic rings. The van der Waals surface area contributed by atoms with Crippen molar-refractivity contribution >= 4 is 27.7 Å². The van der Waals surface area contributed by atoms with E-state index in [0.717, 1.165) is 0 Å². The smallest absolute Gasteiger partial charge is 0.229 e. The van der Waals surface area contributed by atoms with Crippen molar-refractivity contribution in [3.63, 3.8) is 0 Å². The fourth-order valence-electron chi connectivity index (χ4n) is 1.45. The van der Waals surface area contributed by atoms with Crippen molar-refractivity contribution in [2.24, 2.45) is 5.73 Å². The largest absolute Gasteiger partial charge is 0.382 e. The molecule has 0 unspecified atom stereocenters. The van der Waals surface area contributed by atoms with E-state index < -0.39 is 5.41 Å². The zero-order chi connectivity index (χ0) is 10.3. The van der Waals surface area contributed by atoms with Crippen LogP contribution in [-0.2, 0) is 10.2 Å². The number of hydrogen-bond acceptors (Lipinski definition) is 4. The van der Waals surface area contributed by atoms with Crippen LogP contribution in [0.1, 0.15) is 18.5 Å². The Morgan fingerprint density at radius 1 is 1.57 bits per heavy atom. The summed E-state index contributed by atoms with van der Waals surface area (Å²) in [6.45, 7) is 0. The quantitative estimate of drug-likeness (QED) is 0.798. The molecule has 0 atom stereocenters. The van der Waals surface area contributed by atoms with Crippen LogP contribution < -0.4 is 11.5 Å². The zero-order valence-electron chi connectivity index (χ0n) is 7.33. The van der Waals surface area contributed by atoms with Gasteiger partial charge in [0.1, 0.15) is 10.4 Å². The summed E-state index contributed by atoms with van der Waals surface area (Å²) >= 11 is 3.18. The van der Waals surface area contributed by atoms with Crippen LogP contribution in [-0.4, -0.2) is 15.9 Å². The maximum Gasteiger partial charge on any atom is 0.229 e. The summed E-state index contributed by atoms with van der Waals surface area (Å²) in [5.74, 6) is -0.0962. The summed E-state index contributed by atoms with van der Waals surface area (Å²) in [7, 11) is 0. The minimum absolute atomic E-state index is 0.282. The lowest BCUT2D eigenvalue weighted by molar-refractivity contribution is -0.120. The summed E-state index contributed by atoms with van der Waals surface area (Å²) in [6, 6.07) is 0. The number of anilines is 1. The van der Waals surface area contributed by atoms with Gasteiger partial charge in [0.2, 0.25) is 5.91 Å². The Hall–Kier alpha value is -1.17. The van der Waals surface area contributed by atoms with Gasteiger partial charge in [-0.25, -0.2) is 9.97 Å². The monoisotopic (exact) mass is 256 g/mol. The van der Waals surface area contributed by atoms with E-state index in [9.17, 15) is 4.79 Å². The summed E-state index contributed by atoms with van der Waals surface area (Å²) < 4.78 is 0.564. The lowest BCUT2D eigenvalue weighted by Gasteiger charge is -2.11. The average Bonchev–Trinajstić information content (AvgIpc) is 2.90. The maximum atomic E-state index is 11.2. The van der Waals surface area contributed by atoms with Crippen molar-refractivity contribution < 1.29 is 4.79 Å². The molecule has 1 heterocycles. The normalized spacial score (nSPS) is 17.8. The first-order valence-electron chi connectivity index (χ1n) is 4.15. The predicted octanol–water partition coefficient (Wildman–Crippen LogP) is 0.338. The zero-order valence-corrected chi connectivity index (χ0v) is 8.91. The number of hydrogen-bond donors (Lipinski definition) is 2. The number of carbonyl (C=O) groups is 1. The summed E-state index contributed by atoms with van der Waals surface area (Å²) in [5.41, 5.74) is 10.8. The van der Waals surface area contributed by atoms with Crippen molar-refractivity contribution in [1.29, 1.82) is 0 Å². The molecule has 6 heteroatoms. The van der Waals surface area contributed by atoms with Crippen LogP contribution >= 0.6 is 15.9 Å². The highest BCUT2D eigenvalue weighted by Crippen LogP contribution is 2.48. The van der Waals surface area contributed by atoms with Crippen LogP contribution in [0.25, 0.3) is 0 Å². The van der Waals surface area contributed by atoms with Gasteiger partial charge in [-0.3, -0.25) is 4.79 Å². The van der Waals surface area contributed by atoms with Crippen molar-refractivity contribution in [3.8, 4) is 0 Å². The van der Waals surface area contributed by atoms with Crippen molar-refractivity contribution in [3.05, 3.63) is 16.5 Å². The number of halogens is 1. The van der Waals surface area contributed by atoms with Gasteiger partial charge in [0.15, 0.2) is 0 Å². The molecule has 14 heavy (non-hydrogen) atoms. The van der Waals surface area contributed by atoms with E-state index in [-0.39, 0.29) is 11.7 Å². The number of amides is 1. The Morgan fingerprint density at radius 2 is 2.21 bits per heavy atom. The summed E-state index contributed by atoms with van der Waals surface area (Å²) in [5, 5.41) is 0.